The molecule has 0 saturated heterocycles. The molecule has 0 amide bonds. The van der Waals surface area contributed by atoms with Gasteiger partial charge in [0.2, 0.25) is 0 Å². The molecule has 2 nitrogen and oxygen atoms in total. The van der Waals surface area contributed by atoms with Gasteiger partial charge in [0.15, 0.2) is 0 Å². The van der Waals surface area contributed by atoms with E-state index in [1.165, 1.54) is 43.0 Å². The maximum atomic E-state index is 3.81. The molecule has 1 aliphatic rings. The second-order valence-corrected chi connectivity index (χ2v) is 7.16. The minimum atomic E-state index is 0.471. The van der Waals surface area contributed by atoms with Crippen LogP contribution in [0.5, 0.6) is 0 Å². The summed E-state index contributed by atoms with van der Waals surface area (Å²) in [4.78, 5) is 0. The lowest BCUT2D eigenvalue weighted by Crippen LogP contribution is -2.44. The predicted molar refractivity (Wildman–Crippen MR) is 90.6 cm³/mol. The van der Waals surface area contributed by atoms with Crippen molar-refractivity contribution in [1.82, 2.24) is 9.88 Å². The van der Waals surface area contributed by atoms with Crippen LogP contribution in [0.2, 0.25) is 0 Å². The third-order valence-electron chi connectivity index (χ3n) is 5.15. The van der Waals surface area contributed by atoms with Gasteiger partial charge in [0.1, 0.15) is 0 Å². The molecule has 1 saturated carbocycles. The Bertz CT molecular complexity index is 582. The molecule has 21 heavy (non-hydrogen) atoms. The van der Waals surface area contributed by atoms with E-state index in [2.05, 4.69) is 60.3 Å². The van der Waals surface area contributed by atoms with Crippen LogP contribution in [0.4, 0.5) is 0 Å². The van der Waals surface area contributed by atoms with E-state index in [0.717, 1.165) is 13.1 Å². The molecule has 1 unspecified atom stereocenters. The molecule has 0 radical (unpaired) electrons. The summed E-state index contributed by atoms with van der Waals surface area (Å²) in [6.45, 7) is 7.07. The van der Waals surface area contributed by atoms with Crippen LogP contribution in [0, 0.1) is 5.41 Å². The first-order valence-electron chi connectivity index (χ1n) is 8.44. The summed E-state index contributed by atoms with van der Waals surface area (Å²) in [6, 6.07) is 11.6. The van der Waals surface area contributed by atoms with Crippen molar-refractivity contribution < 1.29 is 0 Å². The van der Waals surface area contributed by atoms with Crippen molar-refractivity contribution in [3.05, 3.63) is 36.5 Å². The Morgan fingerprint density at radius 1 is 1.19 bits per heavy atom. The van der Waals surface area contributed by atoms with E-state index in [-0.39, 0.29) is 0 Å². The summed E-state index contributed by atoms with van der Waals surface area (Å²) in [7, 11) is 0. The van der Waals surface area contributed by atoms with Gasteiger partial charge in [-0.3, -0.25) is 0 Å². The molecule has 2 heteroatoms. The van der Waals surface area contributed by atoms with Crippen molar-refractivity contribution >= 4 is 10.9 Å². The van der Waals surface area contributed by atoms with Crippen molar-refractivity contribution in [2.45, 2.75) is 58.5 Å². The van der Waals surface area contributed by atoms with Gasteiger partial charge < -0.3 is 9.88 Å². The highest BCUT2D eigenvalue weighted by Crippen LogP contribution is 2.35. The van der Waals surface area contributed by atoms with Crippen LogP contribution in [0.25, 0.3) is 10.9 Å². The third kappa shape index (κ3) is 3.32. The van der Waals surface area contributed by atoms with Gasteiger partial charge in [0, 0.05) is 24.3 Å². The van der Waals surface area contributed by atoms with Gasteiger partial charge in [-0.2, -0.15) is 0 Å². The summed E-state index contributed by atoms with van der Waals surface area (Å²) in [6.07, 6.45) is 8.93. The van der Waals surface area contributed by atoms with Gasteiger partial charge in [0.05, 0.1) is 0 Å². The van der Waals surface area contributed by atoms with Gasteiger partial charge in [-0.1, -0.05) is 44.9 Å². The van der Waals surface area contributed by atoms with Crippen molar-refractivity contribution in [2.75, 3.05) is 6.54 Å². The average molecular weight is 284 g/mol. The first-order chi connectivity index (χ1) is 10.2. The zero-order valence-electron chi connectivity index (χ0n) is 13.4. The van der Waals surface area contributed by atoms with Crippen molar-refractivity contribution in [3.8, 4) is 0 Å². The first-order valence-corrected chi connectivity index (χ1v) is 8.44. The molecule has 1 aromatic carbocycles. The zero-order chi connectivity index (χ0) is 14.7. The topological polar surface area (TPSA) is 17.0 Å². The number of hydrogen-bond acceptors (Lipinski definition) is 1. The largest absolute Gasteiger partial charge is 0.347 e. The summed E-state index contributed by atoms with van der Waals surface area (Å²) in [5, 5.41) is 5.16. The van der Waals surface area contributed by atoms with Gasteiger partial charge >= 0.3 is 0 Å². The number of nitrogens with one attached hydrogen (secondary N) is 1. The number of rotatable bonds is 5. The summed E-state index contributed by atoms with van der Waals surface area (Å²) in [5.41, 5.74) is 1.83. The number of hydrogen-bond donors (Lipinski definition) is 1. The van der Waals surface area contributed by atoms with Gasteiger partial charge in [0.25, 0.3) is 0 Å². The van der Waals surface area contributed by atoms with Crippen LogP contribution in [0.1, 0.15) is 46.0 Å². The lowest BCUT2D eigenvalue weighted by Gasteiger charge is -2.39. The first kappa shape index (κ1) is 14.6. The van der Waals surface area contributed by atoms with Crippen LogP contribution in [-0.2, 0) is 6.54 Å². The fourth-order valence-corrected chi connectivity index (χ4v) is 3.73. The van der Waals surface area contributed by atoms with Crippen molar-refractivity contribution in [2.24, 2.45) is 5.41 Å². The highest BCUT2D eigenvalue weighted by atomic mass is 15.0. The van der Waals surface area contributed by atoms with E-state index in [9.17, 15) is 0 Å². The number of aromatic nitrogens is 1. The molecule has 1 aliphatic carbocycles. The molecular weight excluding hydrogens is 256 g/mol. The molecule has 2 aromatic rings. The van der Waals surface area contributed by atoms with Crippen LogP contribution in [-0.4, -0.2) is 17.2 Å². The van der Waals surface area contributed by atoms with Crippen LogP contribution < -0.4 is 5.32 Å². The highest BCUT2D eigenvalue weighted by Gasteiger charge is 2.31. The number of nitrogens with zero attached hydrogens (tertiary/aromatic N) is 1. The third-order valence-corrected chi connectivity index (χ3v) is 5.15. The van der Waals surface area contributed by atoms with E-state index >= 15 is 0 Å². The molecular formula is C19H28N2. The summed E-state index contributed by atoms with van der Waals surface area (Å²) >= 11 is 0. The minimum absolute atomic E-state index is 0.471. The molecule has 1 fully saturated rings. The van der Waals surface area contributed by atoms with Crippen LogP contribution >= 0.6 is 0 Å². The Morgan fingerprint density at radius 2 is 2.05 bits per heavy atom. The van der Waals surface area contributed by atoms with Gasteiger partial charge in [-0.25, -0.2) is 0 Å². The second-order valence-electron chi connectivity index (χ2n) is 7.16. The Labute approximate surface area is 128 Å². The Morgan fingerprint density at radius 3 is 2.90 bits per heavy atom. The lowest BCUT2D eigenvalue weighted by atomic mass is 9.73. The Kier molecular flexibility index (Phi) is 4.34. The normalized spacial score (nSPS) is 21.7. The van der Waals surface area contributed by atoms with Crippen molar-refractivity contribution in [1.29, 1.82) is 0 Å². The SMILES string of the molecule is CC1(C)CCCCC1NCCCn1ccc2ccccc21. The highest BCUT2D eigenvalue weighted by molar-refractivity contribution is 5.79. The van der Waals surface area contributed by atoms with E-state index in [0.29, 0.717) is 11.5 Å². The molecule has 0 aliphatic heterocycles. The molecule has 0 bridgehead atoms. The second kappa shape index (κ2) is 6.23. The van der Waals surface area contributed by atoms with Gasteiger partial charge in [-0.05, 0) is 48.7 Å². The molecule has 1 N–H and O–H groups in total. The Hall–Kier alpha value is -1.28. The zero-order valence-corrected chi connectivity index (χ0v) is 13.4. The summed E-state index contributed by atoms with van der Waals surface area (Å²) < 4.78 is 2.38. The molecule has 3 rings (SSSR count). The summed E-state index contributed by atoms with van der Waals surface area (Å²) in [5.74, 6) is 0. The molecule has 114 valence electrons. The van der Waals surface area contributed by atoms with Crippen LogP contribution in [0.3, 0.4) is 0 Å². The maximum absolute atomic E-state index is 3.81. The number of para-hydroxylation sites is 1. The number of aryl methyl sites for hydroxylation is 1. The van der Waals surface area contributed by atoms with E-state index in [4.69, 9.17) is 0 Å². The van der Waals surface area contributed by atoms with E-state index < -0.39 is 0 Å². The van der Waals surface area contributed by atoms with Crippen molar-refractivity contribution in [3.63, 3.8) is 0 Å². The minimum Gasteiger partial charge on any atom is -0.347 e. The fraction of sp³-hybridized carbons (Fsp3) is 0.579. The quantitative estimate of drug-likeness (QED) is 0.795. The maximum Gasteiger partial charge on any atom is 0.0480 e. The molecule has 1 atom stereocenters. The fourth-order valence-electron chi connectivity index (χ4n) is 3.73. The standard InChI is InChI=1S/C19H28N2/c1-19(2)12-6-5-10-18(19)20-13-7-14-21-15-11-16-8-3-4-9-17(16)21/h3-4,8-9,11,15,18,20H,5-7,10,12-14H2,1-2H3. The number of benzene rings is 1. The van der Waals surface area contributed by atoms with E-state index in [1.54, 1.807) is 0 Å². The molecule has 1 heterocycles. The van der Waals surface area contributed by atoms with Crippen LogP contribution in [0.15, 0.2) is 36.5 Å². The van der Waals surface area contributed by atoms with E-state index in [1.807, 2.05) is 0 Å². The Balaban J connectivity index is 1.50. The molecule has 1 aromatic heterocycles. The lowest BCUT2D eigenvalue weighted by molar-refractivity contribution is 0.167. The monoisotopic (exact) mass is 284 g/mol. The number of fused-ring (bicyclic) bond motifs is 1. The smallest absolute Gasteiger partial charge is 0.0480 e. The predicted octanol–water partition coefficient (Wildman–Crippen LogP) is 4.59. The molecule has 0 spiro atoms. The van der Waals surface area contributed by atoms with Gasteiger partial charge in [-0.15, -0.1) is 0 Å². The average Bonchev–Trinajstić information content (AvgIpc) is 2.88.